The lowest BCUT2D eigenvalue weighted by molar-refractivity contribution is 0.0773. The van der Waals surface area contributed by atoms with Crippen LogP contribution in [0.2, 0.25) is 0 Å². The first kappa shape index (κ1) is 17.2. The molecule has 0 unspecified atom stereocenters. The standard InChI is InChI=1S/C19H15F4NO/c1-19(2,3)18(25)24-9-11(10-6-4-5-7-14(10)24)15-16(22)12(20)8-13(21)17(15)23/h4-9H,1-3H3. The number of hydrogen-bond donors (Lipinski definition) is 0. The van der Waals surface area contributed by atoms with E-state index in [-0.39, 0.29) is 17.5 Å². The Morgan fingerprint density at radius 2 is 1.52 bits per heavy atom. The van der Waals surface area contributed by atoms with Crippen molar-refractivity contribution in [3.63, 3.8) is 0 Å². The fourth-order valence-electron chi connectivity index (χ4n) is 2.72. The van der Waals surface area contributed by atoms with Gasteiger partial charge in [-0.2, -0.15) is 0 Å². The molecular weight excluding hydrogens is 334 g/mol. The molecular formula is C19H15F4NO. The summed E-state index contributed by atoms with van der Waals surface area (Å²) in [5.74, 6) is -6.29. The van der Waals surface area contributed by atoms with Gasteiger partial charge >= 0.3 is 0 Å². The van der Waals surface area contributed by atoms with E-state index in [9.17, 15) is 22.4 Å². The zero-order valence-corrected chi connectivity index (χ0v) is 13.8. The summed E-state index contributed by atoms with van der Waals surface area (Å²) in [7, 11) is 0. The van der Waals surface area contributed by atoms with Crippen LogP contribution in [0.5, 0.6) is 0 Å². The van der Waals surface area contributed by atoms with Gasteiger partial charge in [0, 0.05) is 28.6 Å². The van der Waals surface area contributed by atoms with Crippen molar-refractivity contribution < 1.29 is 22.4 Å². The molecule has 0 amide bonds. The molecule has 1 heterocycles. The van der Waals surface area contributed by atoms with Crippen molar-refractivity contribution in [2.24, 2.45) is 5.41 Å². The molecule has 3 rings (SSSR count). The van der Waals surface area contributed by atoms with Gasteiger partial charge in [-0.25, -0.2) is 17.6 Å². The zero-order chi connectivity index (χ0) is 18.5. The fraction of sp³-hybridized carbons (Fsp3) is 0.211. The maximum absolute atomic E-state index is 14.2. The number of hydrogen-bond acceptors (Lipinski definition) is 1. The van der Waals surface area contributed by atoms with E-state index in [0.29, 0.717) is 10.9 Å². The lowest BCUT2D eigenvalue weighted by Crippen LogP contribution is -2.25. The highest BCUT2D eigenvalue weighted by molar-refractivity contribution is 6.03. The van der Waals surface area contributed by atoms with Gasteiger partial charge in [-0.1, -0.05) is 39.0 Å². The Morgan fingerprint density at radius 1 is 0.960 bits per heavy atom. The Hall–Kier alpha value is -2.63. The summed E-state index contributed by atoms with van der Waals surface area (Å²) in [5.41, 5.74) is -1.26. The minimum Gasteiger partial charge on any atom is -0.286 e. The van der Waals surface area contributed by atoms with Crippen molar-refractivity contribution in [3.05, 3.63) is 59.8 Å². The summed E-state index contributed by atoms with van der Waals surface area (Å²) in [5, 5.41) is 0.322. The Balaban J connectivity index is 2.39. The van der Waals surface area contributed by atoms with Gasteiger partial charge in [0.25, 0.3) is 0 Å². The molecule has 2 aromatic carbocycles. The monoisotopic (exact) mass is 349 g/mol. The first-order valence-corrected chi connectivity index (χ1v) is 7.61. The van der Waals surface area contributed by atoms with Crippen LogP contribution in [0.25, 0.3) is 22.0 Å². The average Bonchev–Trinajstić information content (AvgIpc) is 2.91. The summed E-state index contributed by atoms with van der Waals surface area (Å²) in [6, 6.07) is 6.58. The minimum absolute atomic E-state index is 0.0819. The lowest BCUT2D eigenvalue weighted by Gasteiger charge is -2.17. The van der Waals surface area contributed by atoms with Gasteiger partial charge in [-0.3, -0.25) is 9.36 Å². The number of para-hydroxylation sites is 1. The summed E-state index contributed by atoms with van der Waals surface area (Å²) < 4.78 is 56.9. The highest BCUT2D eigenvalue weighted by Crippen LogP contribution is 2.36. The van der Waals surface area contributed by atoms with Crippen molar-refractivity contribution >= 4 is 16.8 Å². The average molecular weight is 349 g/mol. The molecule has 0 N–H and O–H groups in total. The van der Waals surface area contributed by atoms with Gasteiger partial charge in [0.05, 0.1) is 11.1 Å². The van der Waals surface area contributed by atoms with E-state index in [2.05, 4.69) is 0 Å². The van der Waals surface area contributed by atoms with E-state index >= 15 is 0 Å². The predicted octanol–water partition coefficient (Wildman–Crippen LogP) is 5.55. The van der Waals surface area contributed by atoms with Crippen molar-refractivity contribution in [2.75, 3.05) is 0 Å². The molecule has 1 aromatic heterocycles. The van der Waals surface area contributed by atoms with Crippen LogP contribution in [0.4, 0.5) is 17.6 Å². The lowest BCUT2D eigenvalue weighted by atomic mass is 9.95. The third kappa shape index (κ3) is 2.71. The second kappa shape index (κ2) is 5.72. The van der Waals surface area contributed by atoms with E-state index in [1.807, 2.05) is 0 Å². The second-order valence-corrected chi connectivity index (χ2v) is 6.83. The molecule has 25 heavy (non-hydrogen) atoms. The van der Waals surface area contributed by atoms with Gasteiger partial charge in [-0.05, 0) is 6.07 Å². The normalized spacial score (nSPS) is 12.0. The molecule has 6 heteroatoms. The molecule has 0 atom stereocenters. The van der Waals surface area contributed by atoms with Crippen LogP contribution >= 0.6 is 0 Å². The molecule has 0 saturated carbocycles. The van der Waals surface area contributed by atoms with Gasteiger partial charge in [0.15, 0.2) is 23.3 Å². The Kier molecular flexibility index (Phi) is 3.94. The Bertz CT molecular complexity index is 973. The summed E-state index contributed by atoms with van der Waals surface area (Å²) in [6.45, 7) is 5.10. The molecule has 0 fully saturated rings. The molecule has 130 valence electrons. The van der Waals surface area contributed by atoms with Crippen molar-refractivity contribution in [1.82, 2.24) is 4.57 Å². The third-order valence-electron chi connectivity index (χ3n) is 3.95. The molecule has 0 aliphatic rings. The number of aromatic nitrogens is 1. The van der Waals surface area contributed by atoms with E-state index < -0.39 is 34.2 Å². The third-order valence-corrected chi connectivity index (χ3v) is 3.95. The van der Waals surface area contributed by atoms with Crippen LogP contribution in [0, 0.1) is 28.7 Å². The summed E-state index contributed by atoms with van der Waals surface area (Å²) in [4.78, 5) is 12.7. The van der Waals surface area contributed by atoms with E-state index in [1.165, 1.54) is 10.8 Å². The molecule has 3 aromatic rings. The molecule has 0 aliphatic carbocycles. The van der Waals surface area contributed by atoms with Crippen LogP contribution in [-0.4, -0.2) is 10.5 Å². The number of nitrogens with zero attached hydrogens (tertiary/aromatic N) is 1. The second-order valence-electron chi connectivity index (χ2n) is 6.83. The molecule has 0 saturated heterocycles. The zero-order valence-electron chi connectivity index (χ0n) is 13.8. The smallest absolute Gasteiger partial charge is 0.236 e. The topological polar surface area (TPSA) is 22.0 Å². The fourth-order valence-corrected chi connectivity index (χ4v) is 2.72. The van der Waals surface area contributed by atoms with E-state index in [0.717, 1.165) is 0 Å². The van der Waals surface area contributed by atoms with Crippen LogP contribution in [0.1, 0.15) is 25.6 Å². The first-order valence-electron chi connectivity index (χ1n) is 7.61. The molecule has 2 nitrogen and oxygen atoms in total. The Labute approximate surface area is 141 Å². The van der Waals surface area contributed by atoms with Crippen LogP contribution in [0.15, 0.2) is 36.5 Å². The molecule has 0 bridgehead atoms. The van der Waals surface area contributed by atoms with Gasteiger partial charge in [-0.15, -0.1) is 0 Å². The first-order chi connectivity index (χ1) is 11.6. The molecule has 0 spiro atoms. The molecule has 0 aliphatic heterocycles. The molecule has 0 radical (unpaired) electrons. The Morgan fingerprint density at radius 3 is 2.08 bits per heavy atom. The van der Waals surface area contributed by atoms with Crippen molar-refractivity contribution in [3.8, 4) is 11.1 Å². The van der Waals surface area contributed by atoms with Crippen molar-refractivity contribution in [2.45, 2.75) is 20.8 Å². The number of carbonyl (C=O) groups excluding carboxylic acids is 1. The highest BCUT2D eigenvalue weighted by Gasteiger charge is 2.28. The number of benzene rings is 2. The van der Waals surface area contributed by atoms with E-state index in [4.69, 9.17) is 0 Å². The summed E-state index contributed by atoms with van der Waals surface area (Å²) in [6.07, 6.45) is 1.22. The van der Waals surface area contributed by atoms with Crippen LogP contribution < -0.4 is 0 Å². The number of fused-ring (bicyclic) bond motifs is 1. The van der Waals surface area contributed by atoms with Crippen LogP contribution in [-0.2, 0) is 0 Å². The predicted molar refractivity (Wildman–Crippen MR) is 87.3 cm³/mol. The van der Waals surface area contributed by atoms with Gasteiger partial charge in [0.2, 0.25) is 5.91 Å². The quantitative estimate of drug-likeness (QED) is 0.417. The number of carbonyl (C=O) groups is 1. The maximum atomic E-state index is 14.2. The van der Waals surface area contributed by atoms with Gasteiger partial charge < -0.3 is 0 Å². The largest absolute Gasteiger partial charge is 0.286 e. The van der Waals surface area contributed by atoms with Crippen LogP contribution in [0.3, 0.4) is 0 Å². The van der Waals surface area contributed by atoms with Gasteiger partial charge in [0.1, 0.15) is 0 Å². The number of halogens is 4. The number of rotatable bonds is 1. The highest BCUT2D eigenvalue weighted by atomic mass is 19.2. The summed E-state index contributed by atoms with van der Waals surface area (Å²) >= 11 is 0. The SMILES string of the molecule is CC(C)(C)C(=O)n1cc(-c2c(F)c(F)cc(F)c2F)c2ccccc21. The minimum atomic E-state index is -1.50. The van der Waals surface area contributed by atoms with E-state index in [1.54, 1.807) is 45.0 Å². The maximum Gasteiger partial charge on any atom is 0.236 e. The van der Waals surface area contributed by atoms with Crippen molar-refractivity contribution in [1.29, 1.82) is 0 Å².